The smallest absolute Gasteiger partial charge is 0.270 e. The van der Waals surface area contributed by atoms with Crippen LogP contribution >= 0.6 is 0 Å². The van der Waals surface area contributed by atoms with E-state index in [4.69, 9.17) is 4.52 Å². The van der Waals surface area contributed by atoms with E-state index in [1.165, 1.54) is 0 Å². The minimum atomic E-state index is 0.110. The van der Waals surface area contributed by atoms with Gasteiger partial charge in [-0.25, -0.2) is 0 Å². The van der Waals surface area contributed by atoms with Crippen molar-refractivity contribution in [3.8, 4) is 11.5 Å². The van der Waals surface area contributed by atoms with E-state index in [9.17, 15) is 4.79 Å². The highest BCUT2D eigenvalue weighted by Crippen LogP contribution is 2.23. The molecule has 0 N–H and O–H groups in total. The molecule has 7 nitrogen and oxygen atoms in total. The van der Waals surface area contributed by atoms with Gasteiger partial charge in [0, 0.05) is 45.1 Å². The highest BCUT2D eigenvalue weighted by molar-refractivity contribution is 5.92. The van der Waals surface area contributed by atoms with Crippen LogP contribution in [0, 0.1) is 5.92 Å². The maximum absolute atomic E-state index is 12.6. The van der Waals surface area contributed by atoms with E-state index in [-0.39, 0.29) is 5.91 Å². The predicted molar refractivity (Wildman–Crippen MR) is 95.3 cm³/mol. The summed E-state index contributed by atoms with van der Waals surface area (Å²) in [5.74, 6) is 1.79. The van der Waals surface area contributed by atoms with Crippen LogP contribution in [0.3, 0.4) is 0 Å². The lowest BCUT2D eigenvalue weighted by atomic mass is 10.0. The van der Waals surface area contributed by atoms with Crippen LogP contribution in [0.5, 0.6) is 0 Å². The SMILES string of the molecule is Cn1cccc1C(=O)N1CCC(CCc2noc(-c3cccnc3)n2)C1. The summed E-state index contributed by atoms with van der Waals surface area (Å²) in [6.07, 6.45) is 8.04. The van der Waals surface area contributed by atoms with Crippen LogP contribution in [0.15, 0.2) is 47.4 Å². The molecule has 1 unspecified atom stereocenters. The second kappa shape index (κ2) is 7.11. The second-order valence-corrected chi connectivity index (χ2v) is 6.71. The van der Waals surface area contributed by atoms with Crippen molar-refractivity contribution in [3.05, 3.63) is 54.4 Å². The molecule has 0 radical (unpaired) electrons. The average molecular weight is 351 g/mol. The van der Waals surface area contributed by atoms with Crippen LogP contribution < -0.4 is 0 Å². The number of aromatic nitrogens is 4. The molecule has 3 aromatic heterocycles. The summed E-state index contributed by atoms with van der Waals surface area (Å²) in [5, 5.41) is 4.06. The Hall–Kier alpha value is -2.96. The Balaban J connectivity index is 1.32. The number of nitrogens with zero attached hydrogens (tertiary/aromatic N) is 5. The molecule has 26 heavy (non-hydrogen) atoms. The van der Waals surface area contributed by atoms with Crippen LogP contribution in [-0.2, 0) is 13.5 Å². The molecule has 1 atom stereocenters. The summed E-state index contributed by atoms with van der Waals surface area (Å²) in [6, 6.07) is 7.51. The first-order valence-electron chi connectivity index (χ1n) is 8.84. The van der Waals surface area contributed by atoms with Crippen molar-refractivity contribution >= 4 is 5.91 Å². The van der Waals surface area contributed by atoms with Crippen molar-refractivity contribution < 1.29 is 9.32 Å². The Morgan fingerprint density at radius 3 is 3.04 bits per heavy atom. The third kappa shape index (κ3) is 3.37. The van der Waals surface area contributed by atoms with Gasteiger partial charge in [0.15, 0.2) is 5.82 Å². The number of pyridine rings is 1. The van der Waals surface area contributed by atoms with Gasteiger partial charge in [0.05, 0.1) is 5.56 Å². The zero-order valence-corrected chi connectivity index (χ0v) is 14.7. The fourth-order valence-electron chi connectivity index (χ4n) is 3.39. The highest BCUT2D eigenvalue weighted by atomic mass is 16.5. The molecule has 3 aromatic rings. The van der Waals surface area contributed by atoms with Gasteiger partial charge < -0.3 is 14.0 Å². The molecule has 0 spiro atoms. The fourth-order valence-corrected chi connectivity index (χ4v) is 3.39. The maximum Gasteiger partial charge on any atom is 0.270 e. The van der Waals surface area contributed by atoms with Gasteiger partial charge in [-0.2, -0.15) is 4.98 Å². The fraction of sp³-hybridized carbons (Fsp3) is 0.368. The predicted octanol–water partition coefficient (Wildman–Crippen LogP) is 2.57. The second-order valence-electron chi connectivity index (χ2n) is 6.71. The maximum atomic E-state index is 12.6. The van der Waals surface area contributed by atoms with Gasteiger partial charge in [-0.15, -0.1) is 0 Å². The highest BCUT2D eigenvalue weighted by Gasteiger charge is 2.28. The Bertz CT molecular complexity index is 886. The van der Waals surface area contributed by atoms with E-state index in [1.807, 2.05) is 47.0 Å². The van der Waals surface area contributed by atoms with Gasteiger partial charge in [-0.3, -0.25) is 9.78 Å². The summed E-state index contributed by atoms with van der Waals surface area (Å²) in [6.45, 7) is 1.60. The lowest BCUT2D eigenvalue weighted by molar-refractivity contribution is 0.0777. The molecule has 1 fully saturated rings. The molecular weight excluding hydrogens is 330 g/mol. The quantitative estimate of drug-likeness (QED) is 0.706. The van der Waals surface area contributed by atoms with E-state index in [0.29, 0.717) is 17.6 Å². The van der Waals surface area contributed by atoms with Gasteiger partial charge in [-0.05, 0) is 43.0 Å². The van der Waals surface area contributed by atoms with Crippen LogP contribution in [0.2, 0.25) is 0 Å². The first-order chi connectivity index (χ1) is 12.7. The first-order valence-corrected chi connectivity index (χ1v) is 8.84. The van der Waals surface area contributed by atoms with Gasteiger partial charge in [0.25, 0.3) is 11.8 Å². The van der Waals surface area contributed by atoms with E-state index >= 15 is 0 Å². The van der Waals surface area contributed by atoms with E-state index in [1.54, 1.807) is 12.4 Å². The van der Waals surface area contributed by atoms with Crippen molar-refractivity contribution in [2.45, 2.75) is 19.3 Å². The lowest BCUT2D eigenvalue weighted by Gasteiger charge is -2.16. The lowest BCUT2D eigenvalue weighted by Crippen LogP contribution is -2.30. The van der Waals surface area contributed by atoms with Crippen LogP contribution in [0.25, 0.3) is 11.5 Å². The van der Waals surface area contributed by atoms with Gasteiger partial charge in [0.2, 0.25) is 0 Å². The molecule has 1 aliphatic heterocycles. The van der Waals surface area contributed by atoms with Gasteiger partial charge >= 0.3 is 0 Å². The van der Waals surface area contributed by atoms with E-state index in [2.05, 4.69) is 15.1 Å². The summed E-state index contributed by atoms with van der Waals surface area (Å²) < 4.78 is 7.19. The van der Waals surface area contributed by atoms with Crippen LogP contribution in [0.4, 0.5) is 0 Å². The minimum Gasteiger partial charge on any atom is -0.347 e. The molecule has 0 saturated carbocycles. The average Bonchev–Trinajstić information content (AvgIpc) is 3.41. The number of rotatable bonds is 5. The Morgan fingerprint density at radius 2 is 2.27 bits per heavy atom. The number of aryl methyl sites for hydroxylation is 2. The first kappa shape index (κ1) is 16.5. The van der Waals surface area contributed by atoms with Crippen molar-refractivity contribution in [1.82, 2.24) is 24.6 Å². The molecular formula is C19H21N5O2. The molecule has 4 heterocycles. The number of hydrogen-bond donors (Lipinski definition) is 0. The van der Waals surface area contributed by atoms with Gasteiger partial charge in [-0.1, -0.05) is 5.16 Å². The van der Waals surface area contributed by atoms with Crippen LogP contribution in [0.1, 0.15) is 29.2 Å². The molecule has 0 aliphatic carbocycles. The number of carbonyl (C=O) groups is 1. The number of amides is 1. The minimum absolute atomic E-state index is 0.110. The Morgan fingerprint density at radius 1 is 1.35 bits per heavy atom. The summed E-state index contributed by atoms with van der Waals surface area (Å²) in [4.78, 5) is 23.0. The third-order valence-electron chi connectivity index (χ3n) is 4.89. The Kier molecular flexibility index (Phi) is 4.51. The molecule has 0 bridgehead atoms. The molecule has 134 valence electrons. The zero-order chi connectivity index (χ0) is 17.9. The molecule has 1 saturated heterocycles. The molecule has 1 amide bonds. The number of carbonyl (C=O) groups excluding carboxylic acids is 1. The van der Waals surface area contributed by atoms with Crippen molar-refractivity contribution in [2.75, 3.05) is 13.1 Å². The van der Waals surface area contributed by atoms with E-state index in [0.717, 1.165) is 43.6 Å². The normalized spacial score (nSPS) is 17.0. The number of hydrogen-bond acceptors (Lipinski definition) is 5. The monoisotopic (exact) mass is 351 g/mol. The summed E-state index contributed by atoms with van der Waals surface area (Å²) in [5.41, 5.74) is 1.57. The van der Waals surface area contributed by atoms with Crippen LogP contribution in [-0.4, -0.2) is 43.6 Å². The standard InChI is InChI=1S/C19H21N5O2/c1-23-10-3-5-16(23)19(25)24-11-8-14(13-24)6-7-17-21-18(26-22-17)15-4-2-9-20-12-15/h2-5,9-10,12,14H,6-8,11,13H2,1H3. The molecule has 1 aliphatic rings. The molecule has 0 aromatic carbocycles. The number of likely N-dealkylation sites (tertiary alicyclic amines) is 1. The molecule has 7 heteroatoms. The third-order valence-corrected chi connectivity index (χ3v) is 4.89. The van der Waals surface area contributed by atoms with Gasteiger partial charge in [0.1, 0.15) is 5.69 Å². The zero-order valence-electron chi connectivity index (χ0n) is 14.7. The largest absolute Gasteiger partial charge is 0.347 e. The summed E-state index contributed by atoms with van der Waals surface area (Å²) >= 11 is 0. The summed E-state index contributed by atoms with van der Waals surface area (Å²) in [7, 11) is 1.90. The topological polar surface area (TPSA) is 77.0 Å². The Labute approximate surface area is 151 Å². The molecule has 4 rings (SSSR count). The van der Waals surface area contributed by atoms with Crippen molar-refractivity contribution in [3.63, 3.8) is 0 Å². The van der Waals surface area contributed by atoms with E-state index < -0.39 is 0 Å². The van der Waals surface area contributed by atoms with Crippen molar-refractivity contribution in [2.24, 2.45) is 13.0 Å². The van der Waals surface area contributed by atoms with Crippen molar-refractivity contribution in [1.29, 1.82) is 0 Å².